The molecule has 0 saturated heterocycles. The number of rotatable bonds is 5. The summed E-state index contributed by atoms with van der Waals surface area (Å²) in [5.41, 5.74) is 0.133. The topological polar surface area (TPSA) is 84.3 Å². The molecule has 1 fully saturated rings. The lowest BCUT2D eigenvalue weighted by Gasteiger charge is -2.35. The van der Waals surface area contributed by atoms with Gasteiger partial charge in [-0.3, -0.25) is 0 Å². The number of methoxy groups -OCH3 is 1. The lowest BCUT2D eigenvalue weighted by atomic mass is 9.74. The maximum Gasteiger partial charge on any atom is 0.358 e. The van der Waals surface area contributed by atoms with Gasteiger partial charge in [-0.05, 0) is 25.0 Å². The van der Waals surface area contributed by atoms with E-state index in [0.29, 0.717) is 12.4 Å². The number of esters is 1. The van der Waals surface area contributed by atoms with Crippen molar-refractivity contribution in [2.45, 2.75) is 32.1 Å². The second-order valence-corrected chi connectivity index (χ2v) is 5.37. The van der Waals surface area contributed by atoms with E-state index in [-0.39, 0.29) is 17.7 Å². The fraction of sp³-hybridized carbons (Fsp3) is 0.643. The van der Waals surface area contributed by atoms with Crippen LogP contribution >= 0.6 is 0 Å². The van der Waals surface area contributed by atoms with Crippen molar-refractivity contribution in [2.24, 2.45) is 5.41 Å². The van der Waals surface area contributed by atoms with Crippen molar-refractivity contribution in [1.82, 2.24) is 10.2 Å². The van der Waals surface area contributed by atoms with Gasteiger partial charge in [0.05, 0.1) is 13.7 Å². The average molecular weight is 279 g/mol. The molecular weight excluding hydrogens is 258 g/mol. The Morgan fingerprint density at radius 3 is 2.65 bits per heavy atom. The zero-order chi connectivity index (χ0) is 14.4. The first kappa shape index (κ1) is 14.7. The van der Waals surface area contributed by atoms with Gasteiger partial charge in [0.1, 0.15) is 5.82 Å². The highest BCUT2D eigenvalue weighted by Crippen LogP contribution is 2.35. The minimum atomic E-state index is -0.497. The van der Waals surface area contributed by atoms with E-state index < -0.39 is 5.97 Å². The van der Waals surface area contributed by atoms with Crippen LogP contribution in [0, 0.1) is 5.41 Å². The molecule has 0 spiro atoms. The number of carbonyl (C=O) groups excluding carboxylic acids is 1. The molecule has 6 nitrogen and oxygen atoms in total. The Morgan fingerprint density at radius 1 is 1.35 bits per heavy atom. The zero-order valence-electron chi connectivity index (χ0n) is 11.8. The standard InChI is InChI=1S/C14H21N3O3/c1-20-13(19)11-5-6-12(17-16-11)15-9-14(10-18)7-3-2-4-8-14/h5-6,18H,2-4,7-10H2,1H3,(H,15,17). The highest BCUT2D eigenvalue weighted by atomic mass is 16.5. The van der Waals surface area contributed by atoms with Gasteiger partial charge in [0.15, 0.2) is 5.69 Å². The van der Waals surface area contributed by atoms with Gasteiger partial charge in [0, 0.05) is 12.0 Å². The van der Waals surface area contributed by atoms with Crippen LogP contribution in [0.15, 0.2) is 12.1 Å². The van der Waals surface area contributed by atoms with Crippen molar-refractivity contribution < 1.29 is 14.6 Å². The monoisotopic (exact) mass is 279 g/mol. The van der Waals surface area contributed by atoms with Gasteiger partial charge in [-0.25, -0.2) is 4.79 Å². The van der Waals surface area contributed by atoms with Crippen LogP contribution in [-0.4, -0.2) is 41.5 Å². The molecule has 1 aliphatic rings. The second kappa shape index (κ2) is 6.65. The maximum atomic E-state index is 11.2. The molecule has 0 aliphatic heterocycles. The van der Waals surface area contributed by atoms with Crippen LogP contribution in [0.2, 0.25) is 0 Å². The Labute approximate surface area is 118 Å². The molecule has 1 aromatic heterocycles. The van der Waals surface area contributed by atoms with Crippen molar-refractivity contribution in [2.75, 3.05) is 25.6 Å². The molecule has 6 heteroatoms. The Kier molecular flexibility index (Phi) is 4.89. The van der Waals surface area contributed by atoms with Gasteiger partial charge in [0.25, 0.3) is 0 Å². The summed E-state index contributed by atoms with van der Waals surface area (Å²) in [4.78, 5) is 11.2. The molecule has 110 valence electrons. The summed E-state index contributed by atoms with van der Waals surface area (Å²) in [6, 6.07) is 3.28. The Balaban J connectivity index is 1.94. The fourth-order valence-electron chi connectivity index (χ4n) is 2.61. The molecule has 1 heterocycles. The first-order valence-corrected chi connectivity index (χ1v) is 6.96. The number of anilines is 1. The van der Waals surface area contributed by atoms with Crippen molar-refractivity contribution in [3.05, 3.63) is 17.8 Å². The van der Waals surface area contributed by atoms with E-state index in [1.54, 1.807) is 12.1 Å². The molecule has 20 heavy (non-hydrogen) atoms. The van der Waals surface area contributed by atoms with Gasteiger partial charge < -0.3 is 15.2 Å². The first-order valence-electron chi connectivity index (χ1n) is 6.96. The largest absolute Gasteiger partial charge is 0.464 e. The minimum absolute atomic E-state index is 0.0546. The molecule has 0 amide bonds. The molecular formula is C14H21N3O3. The van der Waals surface area contributed by atoms with Gasteiger partial charge >= 0.3 is 5.97 Å². The van der Waals surface area contributed by atoms with E-state index in [4.69, 9.17) is 0 Å². The van der Waals surface area contributed by atoms with Gasteiger partial charge in [-0.1, -0.05) is 19.3 Å². The highest BCUT2D eigenvalue weighted by molar-refractivity contribution is 5.86. The second-order valence-electron chi connectivity index (χ2n) is 5.37. The Morgan fingerprint density at radius 2 is 2.10 bits per heavy atom. The summed E-state index contributed by atoms with van der Waals surface area (Å²) >= 11 is 0. The molecule has 0 unspecified atom stereocenters. The summed E-state index contributed by atoms with van der Waals surface area (Å²) in [7, 11) is 1.31. The van der Waals surface area contributed by atoms with Crippen LogP contribution in [0.1, 0.15) is 42.6 Å². The molecule has 2 rings (SSSR count). The van der Waals surface area contributed by atoms with Gasteiger partial charge in [0.2, 0.25) is 0 Å². The van der Waals surface area contributed by atoms with Gasteiger partial charge in [-0.2, -0.15) is 0 Å². The molecule has 1 saturated carbocycles. The third-order valence-corrected chi connectivity index (χ3v) is 3.95. The number of hydrogen-bond acceptors (Lipinski definition) is 6. The summed E-state index contributed by atoms with van der Waals surface area (Å²) < 4.78 is 4.57. The third kappa shape index (κ3) is 3.45. The van der Waals surface area contributed by atoms with Crippen LogP contribution < -0.4 is 5.32 Å². The van der Waals surface area contributed by atoms with E-state index in [1.807, 2.05) is 0 Å². The number of aliphatic hydroxyl groups excluding tert-OH is 1. The number of nitrogens with one attached hydrogen (secondary N) is 1. The number of aliphatic hydroxyl groups is 1. The molecule has 0 aromatic carbocycles. The fourth-order valence-corrected chi connectivity index (χ4v) is 2.61. The number of ether oxygens (including phenoxy) is 1. The third-order valence-electron chi connectivity index (χ3n) is 3.95. The van der Waals surface area contributed by atoms with Crippen LogP contribution in [0.5, 0.6) is 0 Å². The Bertz CT molecular complexity index is 441. The predicted octanol–water partition coefficient (Wildman–Crippen LogP) is 1.62. The predicted molar refractivity (Wildman–Crippen MR) is 74.5 cm³/mol. The quantitative estimate of drug-likeness (QED) is 0.797. The smallest absolute Gasteiger partial charge is 0.358 e. The van der Waals surface area contributed by atoms with Crippen molar-refractivity contribution in [1.29, 1.82) is 0 Å². The number of hydrogen-bond donors (Lipinski definition) is 2. The zero-order valence-corrected chi connectivity index (χ0v) is 11.8. The van der Waals surface area contributed by atoms with Crippen LogP contribution in [-0.2, 0) is 4.74 Å². The SMILES string of the molecule is COC(=O)c1ccc(NCC2(CO)CCCCC2)nn1. The van der Waals surface area contributed by atoms with Crippen LogP contribution in [0.3, 0.4) is 0 Å². The van der Waals surface area contributed by atoms with Crippen molar-refractivity contribution >= 4 is 11.8 Å². The number of aromatic nitrogens is 2. The highest BCUT2D eigenvalue weighted by Gasteiger charge is 2.31. The van der Waals surface area contributed by atoms with Crippen molar-refractivity contribution in [3.8, 4) is 0 Å². The van der Waals surface area contributed by atoms with Crippen LogP contribution in [0.4, 0.5) is 5.82 Å². The molecule has 0 bridgehead atoms. The van der Waals surface area contributed by atoms with Gasteiger partial charge in [-0.15, -0.1) is 10.2 Å². The van der Waals surface area contributed by atoms with E-state index in [1.165, 1.54) is 13.5 Å². The van der Waals surface area contributed by atoms with Crippen LogP contribution in [0.25, 0.3) is 0 Å². The Hall–Kier alpha value is -1.69. The normalized spacial score (nSPS) is 17.5. The van der Waals surface area contributed by atoms with E-state index in [0.717, 1.165) is 25.7 Å². The summed E-state index contributed by atoms with van der Waals surface area (Å²) in [5, 5.41) is 20.6. The molecule has 0 atom stereocenters. The lowest BCUT2D eigenvalue weighted by Crippen LogP contribution is -2.35. The summed E-state index contributed by atoms with van der Waals surface area (Å²) in [6.45, 7) is 0.865. The summed E-state index contributed by atoms with van der Waals surface area (Å²) in [5.74, 6) is 0.110. The molecule has 1 aromatic rings. The molecule has 0 radical (unpaired) electrons. The maximum absolute atomic E-state index is 11.2. The van der Waals surface area contributed by atoms with E-state index >= 15 is 0 Å². The average Bonchev–Trinajstić information content (AvgIpc) is 2.53. The lowest BCUT2D eigenvalue weighted by molar-refractivity contribution is 0.0592. The molecule has 1 aliphatic carbocycles. The van der Waals surface area contributed by atoms with E-state index in [2.05, 4.69) is 20.3 Å². The summed E-state index contributed by atoms with van der Waals surface area (Å²) in [6.07, 6.45) is 5.63. The minimum Gasteiger partial charge on any atom is -0.464 e. The molecule has 2 N–H and O–H groups in total. The number of carbonyl (C=O) groups is 1. The van der Waals surface area contributed by atoms with E-state index in [9.17, 15) is 9.90 Å². The first-order chi connectivity index (χ1) is 9.69. The van der Waals surface area contributed by atoms with Crippen molar-refractivity contribution in [3.63, 3.8) is 0 Å². The number of nitrogens with zero attached hydrogens (tertiary/aromatic N) is 2.